The van der Waals surface area contributed by atoms with E-state index in [4.69, 9.17) is 10.5 Å². The van der Waals surface area contributed by atoms with Crippen LogP contribution in [0.2, 0.25) is 0 Å². The highest BCUT2D eigenvalue weighted by Gasteiger charge is 2.49. The van der Waals surface area contributed by atoms with Gasteiger partial charge in [-0.25, -0.2) is 0 Å². The number of fused-ring (bicyclic) bond motifs is 1. The van der Waals surface area contributed by atoms with Crippen molar-refractivity contribution >= 4 is 26.7 Å². The Morgan fingerprint density at radius 3 is 2.53 bits per heavy atom. The summed E-state index contributed by atoms with van der Waals surface area (Å²) in [6.07, 6.45) is 2.31. The van der Waals surface area contributed by atoms with Crippen molar-refractivity contribution in [3.8, 4) is 5.75 Å². The summed E-state index contributed by atoms with van der Waals surface area (Å²) in [5.74, 6) is 0.963. The maximum absolute atomic E-state index is 6.20. The molecule has 3 heteroatoms. The maximum Gasteiger partial charge on any atom is 0.123 e. The predicted molar refractivity (Wildman–Crippen MR) is 82.8 cm³/mol. The van der Waals surface area contributed by atoms with Gasteiger partial charge in [0.05, 0.1) is 7.11 Å². The van der Waals surface area contributed by atoms with Crippen LogP contribution >= 0.6 is 15.9 Å². The lowest BCUT2D eigenvalue weighted by Crippen LogP contribution is -2.31. The van der Waals surface area contributed by atoms with Crippen LogP contribution in [0.4, 0.5) is 0 Å². The second-order valence-electron chi connectivity index (χ2n) is 5.49. The number of hydrogen-bond acceptors (Lipinski definition) is 2. The van der Waals surface area contributed by atoms with Gasteiger partial charge in [-0.15, -0.1) is 0 Å². The van der Waals surface area contributed by atoms with E-state index in [1.165, 1.54) is 16.3 Å². The van der Waals surface area contributed by atoms with Crippen molar-refractivity contribution in [2.45, 2.75) is 31.2 Å². The topological polar surface area (TPSA) is 35.2 Å². The van der Waals surface area contributed by atoms with Gasteiger partial charge in [0.25, 0.3) is 0 Å². The predicted octanol–water partition coefficient (Wildman–Crippen LogP) is 3.99. The number of halogens is 1. The molecular formula is C16H18BrNO. The van der Waals surface area contributed by atoms with Crippen molar-refractivity contribution in [2.24, 2.45) is 5.73 Å². The molecule has 1 unspecified atom stereocenters. The smallest absolute Gasteiger partial charge is 0.123 e. The number of nitrogens with two attached hydrogens (primary N) is 1. The van der Waals surface area contributed by atoms with Gasteiger partial charge in [0.1, 0.15) is 5.75 Å². The minimum Gasteiger partial charge on any atom is -0.496 e. The second kappa shape index (κ2) is 4.50. The molecule has 1 saturated carbocycles. The number of methoxy groups -OCH3 is 1. The maximum atomic E-state index is 6.20. The molecule has 1 atom stereocenters. The first-order valence-corrected chi connectivity index (χ1v) is 7.39. The van der Waals surface area contributed by atoms with Gasteiger partial charge >= 0.3 is 0 Å². The molecule has 2 N–H and O–H groups in total. The fourth-order valence-electron chi connectivity index (χ4n) is 2.91. The van der Waals surface area contributed by atoms with Crippen LogP contribution in [0.3, 0.4) is 0 Å². The fraction of sp³-hybridized carbons (Fsp3) is 0.375. The van der Waals surface area contributed by atoms with Crippen LogP contribution < -0.4 is 10.5 Å². The van der Waals surface area contributed by atoms with Gasteiger partial charge in [-0.05, 0) is 54.8 Å². The third-order valence-corrected chi connectivity index (χ3v) is 4.81. The largest absolute Gasteiger partial charge is 0.496 e. The molecule has 2 nitrogen and oxygen atoms in total. The number of hydrogen-bond donors (Lipinski definition) is 1. The first-order valence-electron chi connectivity index (χ1n) is 6.60. The average Bonchev–Trinajstić information content (AvgIpc) is 3.18. The van der Waals surface area contributed by atoms with Gasteiger partial charge in [-0.3, -0.25) is 0 Å². The van der Waals surface area contributed by atoms with Crippen LogP contribution in [0.1, 0.15) is 25.3 Å². The summed E-state index contributed by atoms with van der Waals surface area (Å²) in [6.45, 7) is 2.09. The van der Waals surface area contributed by atoms with Crippen molar-refractivity contribution in [3.63, 3.8) is 0 Å². The van der Waals surface area contributed by atoms with Crippen LogP contribution in [0, 0.1) is 0 Å². The lowest BCUT2D eigenvalue weighted by molar-refractivity contribution is 0.399. The first-order chi connectivity index (χ1) is 9.06. The van der Waals surface area contributed by atoms with Gasteiger partial charge in [0.15, 0.2) is 0 Å². The first kappa shape index (κ1) is 12.9. The summed E-state index contributed by atoms with van der Waals surface area (Å²) in [5, 5.41) is 2.43. The molecule has 0 amide bonds. The molecule has 0 aromatic heterocycles. The van der Waals surface area contributed by atoms with Crippen molar-refractivity contribution < 1.29 is 4.74 Å². The molecule has 2 aromatic carbocycles. The number of rotatable bonds is 3. The lowest BCUT2D eigenvalue weighted by Gasteiger charge is -2.23. The molecule has 0 heterocycles. The van der Waals surface area contributed by atoms with Crippen LogP contribution in [-0.4, -0.2) is 13.2 Å². The third-order valence-electron chi connectivity index (χ3n) is 4.32. The Hall–Kier alpha value is -1.06. The van der Waals surface area contributed by atoms with E-state index in [0.717, 1.165) is 23.1 Å². The van der Waals surface area contributed by atoms with Crippen molar-refractivity contribution in [1.82, 2.24) is 0 Å². The molecule has 2 aromatic rings. The van der Waals surface area contributed by atoms with Gasteiger partial charge in [0.2, 0.25) is 0 Å². The van der Waals surface area contributed by atoms with E-state index >= 15 is 0 Å². The molecule has 1 aliphatic rings. The minimum absolute atomic E-state index is 0.113. The zero-order valence-electron chi connectivity index (χ0n) is 11.2. The Balaban J connectivity index is 2.23. The van der Waals surface area contributed by atoms with Crippen molar-refractivity contribution in [1.29, 1.82) is 0 Å². The SMILES string of the molecule is COc1cc2ccc(Br)cc2cc1C1(C(C)N)CC1. The van der Waals surface area contributed by atoms with Crippen molar-refractivity contribution in [2.75, 3.05) is 7.11 Å². The van der Waals surface area contributed by atoms with E-state index in [9.17, 15) is 0 Å². The average molecular weight is 320 g/mol. The molecule has 1 aliphatic carbocycles. The molecule has 1 fully saturated rings. The van der Waals surface area contributed by atoms with E-state index < -0.39 is 0 Å². The summed E-state index contributed by atoms with van der Waals surface area (Å²) in [5.41, 5.74) is 7.57. The summed E-state index contributed by atoms with van der Waals surface area (Å²) in [4.78, 5) is 0. The number of ether oxygens (including phenoxy) is 1. The van der Waals surface area contributed by atoms with E-state index in [1.54, 1.807) is 7.11 Å². The van der Waals surface area contributed by atoms with E-state index in [1.807, 2.05) is 0 Å². The Labute approximate surface area is 122 Å². The molecular weight excluding hydrogens is 302 g/mol. The summed E-state index contributed by atoms with van der Waals surface area (Å²) in [6, 6.07) is 10.8. The fourth-order valence-corrected chi connectivity index (χ4v) is 3.29. The van der Waals surface area contributed by atoms with Gasteiger partial charge in [-0.2, -0.15) is 0 Å². The number of benzene rings is 2. The molecule has 0 radical (unpaired) electrons. The molecule has 0 bridgehead atoms. The zero-order chi connectivity index (χ0) is 13.6. The summed E-state index contributed by atoms with van der Waals surface area (Å²) in [7, 11) is 1.74. The molecule has 3 rings (SSSR count). The standard InChI is InChI=1S/C16H18BrNO/c1-10(18)16(5-6-16)14-8-12-7-13(17)4-3-11(12)9-15(14)19-2/h3-4,7-10H,5-6,18H2,1-2H3. The minimum atomic E-state index is 0.113. The van der Waals surface area contributed by atoms with Crippen molar-refractivity contribution in [3.05, 3.63) is 40.4 Å². The van der Waals surface area contributed by atoms with E-state index in [0.29, 0.717) is 0 Å². The summed E-state index contributed by atoms with van der Waals surface area (Å²) < 4.78 is 6.69. The highest BCUT2D eigenvalue weighted by atomic mass is 79.9. The van der Waals surface area contributed by atoms with Crippen LogP contribution in [0.25, 0.3) is 10.8 Å². The third kappa shape index (κ3) is 2.05. The molecule has 0 spiro atoms. The molecule has 19 heavy (non-hydrogen) atoms. The van der Waals surface area contributed by atoms with Crippen LogP contribution in [0.5, 0.6) is 5.75 Å². The molecule has 100 valence electrons. The van der Waals surface area contributed by atoms with Crippen LogP contribution in [-0.2, 0) is 5.41 Å². The van der Waals surface area contributed by atoms with E-state index in [2.05, 4.69) is 53.2 Å². The lowest BCUT2D eigenvalue weighted by atomic mass is 9.87. The van der Waals surface area contributed by atoms with Gasteiger partial charge < -0.3 is 10.5 Å². The van der Waals surface area contributed by atoms with Gasteiger partial charge in [-0.1, -0.05) is 22.0 Å². The highest BCUT2D eigenvalue weighted by Crippen LogP contribution is 2.53. The molecule has 0 saturated heterocycles. The van der Waals surface area contributed by atoms with Gasteiger partial charge in [0, 0.05) is 21.5 Å². The zero-order valence-corrected chi connectivity index (χ0v) is 12.8. The Morgan fingerprint density at radius 2 is 1.95 bits per heavy atom. The van der Waals surface area contributed by atoms with E-state index in [-0.39, 0.29) is 11.5 Å². The second-order valence-corrected chi connectivity index (χ2v) is 6.40. The highest BCUT2D eigenvalue weighted by molar-refractivity contribution is 9.10. The Bertz CT molecular complexity index is 632. The summed E-state index contributed by atoms with van der Waals surface area (Å²) >= 11 is 3.53. The Kier molecular flexibility index (Phi) is 3.06. The van der Waals surface area contributed by atoms with Crippen LogP contribution in [0.15, 0.2) is 34.8 Å². The normalized spacial score (nSPS) is 18.3. The quantitative estimate of drug-likeness (QED) is 0.928. The molecule has 0 aliphatic heterocycles. The Morgan fingerprint density at radius 1 is 1.21 bits per heavy atom. The monoisotopic (exact) mass is 319 g/mol.